The van der Waals surface area contributed by atoms with E-state index < -0.39 is 0 Å². The number of carbonyl (C=O) groups excluding carboxylic acids is 1. The first-order chi connectivity index (χ1) is 19.1. The van der Waals surface area contributed by atoms with E-state index in [4.69, 9.17) is 15.2 Å². The molecule has 1 aromatic carbocycles. The Labute approximate surface area is 226 Å². The first kappa shape index (κ1) is 27.4. The van der Waals surface area contributed by atoms with Gasteiger partial charge >= 0.3 is 0 Å². The average molecular weight is 526 g/mol. The van der Waals surface area contributed by atoms with Gasteiger partial charge in [0.2, 0.25) is 11.9 Å². The number of hydrogen-bond acceptors (Lipinski definition) is 10. The van der Waals surface area contributed by atoms with Crippen LogP contribution in [0, 0.1) is 18.3 Å². The molecule has 4 aromatic rings. The van der Waals surface area contributed by atoms with E-state index in [1.165, 1.54) is 0 Å². The summed E-state index contributed by atoms with van der Waals surface area (Å²) in [5.74, 6) is 0.839. The summed E-state index contributed by atoms with van der Waals surface area (Å²) in [5.41, 5.74) is 10.1. The van der Waals surface area contributed by atoms with Gasteiger partial charge in [-0.05, 0) is 69.7 Å². The standard InChI is InChI=1S/C28H31N9O2/c1-19-25(27(37-39-19)20-6-3-14-32-17-20)26-21(10-12-30)18-33-28(36-26)35-23-8-2-7-22(16-23)34-24(38)9-4-13-31-15-5-11-29/h2-3,6-8,14,16-18,31H,4-5,9-11,13,15,29H2,1H3,(H,34,38)(H,33,35,36). The number of rotatable bonds is 13. The predicted molar refractivity (Wildman–Crippen MR) is 149 cm³/mol. The number of anilines is 3. The van der Waals surface area contributed by atoms with Crippen molar-refractivity contribution in [3.8, 4) is 28.6 Å². The summed E-state index contributed by atoms with van der Waals surface area (Å²) in [6, 6.07) is 13.2. The minimum absolute atomic E-state index is 0.0574. The summed E-state index contributed by atoms with van der Waals surface area (Å²) in [7, 11) is 0. The Balaban J connectivity index is 1.51. The maximum atomic E-state index is 12.4. The molecule has 1 amide bonds. The van der Waals surface area contributed by atoms with Crippen LogP contribution in [0.1, 0.15) is 30.6 Å². The molecule has 11 nitrogen and oxygen atoms in total. The van der Waals surface area contributed by atoms with Gasteiger partial charge in [0.05, 0.1) is 23.7 Å². The third-order valence-corrected chi connectivity index (χ3v) is 5.89. The van der Waals surface area contributed by atoms with Crippen molar-refractivity contribution in [3.63, 3.8) is 0 Å². The molecule has 200 valence electrons. The highest BCUT2D eigenvalue weighted by Gasteiger charge is 2.22. The van der Waals surface area contributed by atoms with Gasteiger partial charge in [-0.3, -0.25) is 9.78 Å². The van der Waals surface area contributed by atoms with Crippen molar-refractivity contribution in [2.45, 2.75) is 32.6 Å². The molecular weight excluding hydrogens is 494 g/mol. The summed E-state index contributed by atoms with van der Waals surface area (Å²) < 4.78 is 5.51. The Morgan fingerprint density at radius 2 is 1.95 bits per heavy atom. The van der Waals surface area contributed by atoms with Crippen LogP contribution in [0.5, 0.6) is 0 Å². The van der Waals surface area contributed by atoms with Gasteiger partial charge in [-0.15, -0.1) is 0 Å². The maximum absolute atomic E-state index is 12.4. The second-order valence-corrected chi connectivity index (χ2v) is 8.86. The van der Waals surface area contributed by atoms with E-state index in [-0.39, 0.29) is 12.3 Å². The molecule has 0 radical (unpaired) electrons. The summed E-state index contributed by atoms with van der Waals surface area (Å²) in [5, 5.41) is 23.0. The molecule has 0 fully saturated rings. The van der Waals surface area contributed by atoms with Crippen molar-refractivity contribution in [2.75, 3.05) is 30.3 Å². The third-order valence-electron chi connectivity index (χ3n) is 5.89. The molecule has 0 bridgehead atoms. The lowest BCUT2D eigenvalue weighted by Crippen LogP contribution is -2.21. The zero-order valence-electron chi connectivity index (χ0n) is 21.8. The topological polar surface area (TPSA) is 168 Å². The van der Waals surface area contributed by atoms with Crippen molar-refractivity contribution in [1.29, 1.82) is 5.26 Å². The SMILES string of the molecule is Cc1onc(-c2cccnc2)c1-c1nc(Nc2cccc(NC(=O)CCCNCCCN)c2)ncc1CC#N. The normalized spacial score (nSPS) is 10.7. The molecule has 0 atom stereocenters. The Morgan fingerprint density at radius 1 is 1.10 bits per heavy atom. The van der Waals surface area contributed by atoms with Gasteiger partial charge in [-0.25, -0.2) is 9.97 Å². The van der Waals surface area contributed by atoms with Gasteiger partial charge in [-0.2, -0.15) is 5.26 Å². The van der Waals surface area contributed by atoms with Crippen LogP contribution in [0.15, 0.2) is 59.5 Å². The van der Waals surface area contributed by atoms with E-state index in [0.29, 0.717) is 58.6 Å². The lowest BCUT2D eigenvalue weighted by atomic mass is 10.0. The van der Waals surface area contributed by atoms with Crippen molar-refractivity contribution in [2.24, 2.45) is 5.73 Å². The smallest absolute Gasteiger partial charge is 0.227 e. The third kappa shape index (κ3) is 7.44. The van der Waals surface area contributed by atoms with Gasteiger partial charge in [0.15, 0.2) is 0 Å². The predicted octanol–water partition coefficient (Wildman–Crippen LogP) is 3.97. The van der Waals surface area contributed by atoms with Crippen LogP contribution in [-0.2, 0) is 11.2 Å². The van der Waals surface area contributed by atoms with E-state index in [1.54, 1.807) is 25.5 Å². The molecule has 0 aliphatic heterocycles. The summed E-state index contributed by atoms with van der Waals surface area (Å²) in [6.07, 6.45) is 7.20. The van der Waals surface area contributed by atoms with Gasteiger partial charge in [-0.1, -0.05) is 11.2 Å². The molecule has 0 aliphatic carbocycles. The van der Waals surface area contributed by atoms with Crippen molar-refractivity contribution < 1.29 is 9.32 Å². The van der Waals surface area contributed by atoms with Crippen LogP contribution in [0.25, 0.3) is 22.5 Å². The van der Waals surface area contributed by atoms with Crippen molar-refractivity contribution in [1.82, 2.24) is 25.4 Å². The van der Waals surface area contributed by atoms with Crippen molar-refractivity contribution >= 4 is 23.2 Å². The lowest BCUT2D eigenvalue weighted by molar-refractivity contribution is -0.116. The number of pyridine rings is 1. The molecular formula is C28H31N9O2. The molecule has 39 heavy (non-hydrogen) atoms. The van der Waals surface area contributed by atoms with Crippen molar-refractivity contribution in [3.05, 3.63) is 66.3 Å². The van der Waals surface area contributed by atoms with Crippen LogP contribution in [0.4, 0.5) is 17.3 Å². The molecule has 5 N–H and O–H groups in total. The number of aromatic nitrogens is 4. The lowest BCUT2D eigenvalue weighted by Gasteiger charge is -2.12. The van der Waals surface area contributed by atoms with E-state index in [0.717, 1.165) is 31.5 Å². The summed E-state index contributed by atoms with van der Waals surface area (Å²) >= 11 is 0. The number of nitrogens with zero attached hydrogens (tertiary/aromatic N) is 5. The minimum Gasteiger partial charge on any atom is -0.360 e. The Morgan fingerprint density at radius 3 is 2.74 bits per heavy atom. The number of nitrogens with two attached hydrogens (primary N) is 1. The second-order valence-electron chi connectivity index (χ2n) is 8.86. The Bertz CT molecular complexity index is 1430. The molecule has 3 heterocycles. The molecule has 0 saturated carbocycles. The number of aryl methyl sites for hydroxylation is 1. The maximum Gasteiger partial charge on any atom is 0.227 e. The number of amides is 1. The number of nitrogens with one attached hydrogen (secondary N) is 3. The van der Waals surface area contributed by atoms with Crippen LogP contribution in [-0.4, -0.2) is 45.7 Å². The molecule has 0 aliphatic rings. The van der Waals surface area contributed by atoms with E-state index in [1.807, 2.05) is 36.4 Å². The quantitative estimate of drug-likeness (QED) is 0.187. The highest BCUT2D eigenvalue weighted by molar-refractivity contribution is 5.91. The van der Waals surface area contributed by atoms with Crippen LogP contribution >= 0.6 is 0 Å². The number of carbonyl (C=O) groups is 1. The van der Waals surface area contributed by atoms with E-state index in [9.17, 15) is 10.1 Å². The summed E-state index contributed by atoms with van der Waals surface area (Å²) in [4.78, 5) is 25.7. The van der Waals surface area contributed by atoms with Gasteiger partial charge in [0.25, 0.3) is 0 Å². The molecule has 11 heteroatoms. The highest BCUT2D eigenvalue weighted by atomic mass is 16.5. The van der Waals surface area contributed by atoms with E-state index in [2.05, 4.69) is 37.1 Å². The highest BCUT2D eigenvalue weighted by Crippen LogP contribution is 2.35. The first-order valence-electron chi connectivity index (χ1n) is 12.8. The molecule has 3 aromatic heterocycles. The zero-order chi connectivity index (χ0) is 27.5. The minimum atomic E-state index is -0.0574. The largest absolute Gasteiger partial charge is 0.360 e. The van der Waals surface area contributed by atoms with Gasteiger partial charge in [0.1, 0.15) is 11.5 Å². The molecule has 0 saturated heterocycles. The number of hydrogen-bond donors (Lipinski definition) is 4. The van der Waals surface area contributed by atoms with Gasteiger partial charge in [0, 0.05) is 47.5 Å². The Kier molecular flexibility index (Phi) is 9.66. The monoisotopic (exact) mass is 525 g/mol. The Hall–Kier alpha value is -4.66. The van der Waals surface area contributed by atoms with Crippen LogP contribution < -0.4 is 21.7 Å². The fraction of sp³-hybridized carbons (Fsp3) is 0.286. The van der Waals surface area contributed by atoms with Crippen LogP contribution in [0.2, 0.25) is 0 Å². The van der Waals surface area contributed by atoms with Gasteiger partial charge < -0.3 is 26.2 Å². The molecule has 4 rings (SSSR count). The fourth-order valence-electron chi connectivity index (χ4n) is 4.00. The molecule has 0 spiro atoms. The van der Waals surface area contributed by atoms with Crippen LogP contribution in [0.3, 0.4) is 0 Å². The molecule has 0 unspecified atom stereocenters. The number of nitriles is 1. The first-order valence-corrected chi connectivity index (χ1v) is 12.8. The van der Waals surface area contributed by atoms with E-state index >= 15 is 0 Å². The summed E-state index contributed by atoms with van der Waals surface area (Å²) in [6.45, 7) is 4.08. The zero-order valence-corrected chi connectivity index (χ0v) is 21.8. The fourth-order valence-corrected chi connectivity index (χ4v) is 4.00. The second kappa shape index (κ2) is 13.8. The number of benzene rings is 1. The average Bonchev–Trinajstić information content (AvgIpc) is 3.33.